The molecular weight excluding hydrogens is 388 g/mol. The van der Waals surface area contributed by atoms with Gasteiger partial charge in [0, 0.05) is 18.8 Å². The SMILES string of the molecule is Cc1ccc(CC2CCN(C(=O)COc3ccc(NS(C)(=O)=O)cc3)CC2)cc1. The predicted molar refractivity (Wildman–Crippen MR) is 115 cm³/mol. The molecule has 1 heterocycles. The fourth-order valence-electron chi connectivity index (χ4n) is 3.51. The Morgan fingerprint density at radius 1 is 1.07 bits per heavy atom. The van der Waals surface area contributed by atoms with Crippen LogP contribution in [-0.2, 0) is 21.2 Å². The number of sulfonamides is 1. The molecule has 0 atom stereocenters. The Kier molecular flexibility index (Phi) is 6.79. The first-order valence-electron chi connectivity index (χ1n) is 9.82. The lowest BCUT2D eigenvalue weighted by molar-refractivity contribution is -0.134. The molecule has 0 spiro atoms. The first-order chi connectivity index (χ1) is 13.8. The molecule has 1 amide bonds. The third-order valence-corrected chi connectivity index (χ3v) is 5.74. The summed E-state index contributed by atoms with van der Waals surface area (Å²) >= 11 is 0. The summed E-state index contributed by atoms with van der Waals surface area (Å²) in [6.07, 6.45) is 4.17. The highest BCUT2D eigenvalue weighted by atomic mass is 32.2. The number of amides is 1. The third-order valence-electron chi connectivity index (χ3n) is 5.13. The van der Waals surface area contributed by atoms with Crippen LogP contribution in [0.5, 0.6) is 5.75 Å². The zero-order valence-corrected chi connectivity index (χ0v) is 17.7. The minimum Gasteiger partial charge on any atom is -0.484 e. The van der Waals surface area contributed by atoms with E-state index in [4.69, 9.17) is 4.74 Å². The van der Waals surface area contributed by atoms with Gasteiger partial charge in [0.25, 0.3) is 5.91 Å². The van der Waals surface area contributed by atoms with Crippen LogP contribution in [-0.4, -0.2) is 45.2 Å². The number of carbonyl (C=O) groups excluding carboxylic acids is 1. The van der Waals surface area contributed by atoms with Crippen LogP contribution in [0.4, 0.5) is 5.69 Å². The van der Waals surface area contributed by atoms with Crippen molar-refractivity contribution in [1.29, 1.82) is 0 Å². The molecule has 7 heteroatoms. The lowest BCUT2D eigenvalue weighted by atomic mass is 9.90. The van der Waals surface area contributed by atoms with Gasteiger partial charge in [-0.3, -0.25) is 9.52 Å². The number of nitrogens with zero attached hydrogens (tertiary/aromatic N) is 1. The van der Waals surface area contributed by atoms with E-state index in [2.05, 4.69) is 35.9 Å². The summed E-state index contributed by atoms with van der Waals surface area (Å²) in [6, 6.07) is 15.2. The van der Waals surface area contributed by atoms with E-state index in [1.807, 2.05) is 4.90 Å². The van der Waals surface area contributed by atoms with E-state index < -0.39 is 10.0 Å². The molecule has 2 aromatic carbocycles. The largest absolute Gasteiger partial charge is 0.484 e. The lowest BCUT2D eigenvalue weighted by Gasteiger charge is -2.32. The summed E-state index contributed by atoms with van der Waals surface area (Å²) in [5.41, 5.74) is 3.09. The Morgan fingerprint density at radius 3 is 2.28 bits per heavy atom. The number of rotatable bonds is 7. The first-order valence-corrected chi connectivity index (χ1v) is 11.7. The second-order valence-electron chi connectivity index (χ2n) is 7.70. The molecule has 29 heavy (non-hydrogen) atoms. The van der Waals surface area contributed by atoms with Crippen molar-refractivity contribution in [2.24, 2.45) is 5.92 Å². The van der Waals surface area contributed by atoms with Crippen molar-refractivity contribution in [1.82, 2.24) is 4.90 Å². The topological polar surface area (TPSA) is 75.7 Å². The molecule has 0 radical (unpaired) electrons. The summed E-state index contributed by atoms with van der Waals surface area (Å²) in [4.78, 5) is 14.3. The van der Waals surface area contributed by atoms with E-state index >= 15 is 0 Å². The van der Waals surface area contributed by atoms with Gasteiger partial charge in [0.1, 0.15) is 5.75 Å². The highest BCUT2D eigenvalue weighted by Crippen LogP contribution is 2.22. The average Bonchev–Trinajstić information content (AvgIpc) is 2.68. The molecule has 0 saturated carbocycles. The van der Waals surface area contributed by atoms with Crippen molar-refractivity contribution < 1.29 is 17.9 Å². The van der Waals surface area contributed by atoms with Gasteiger partial charge in [0.05, 0.1) is 6.26 Å². The van der Waals surface area contributed by atoms with Crippen LogP contribution in [0.15, 0.2) is 48.5 Å². The molecule has 1 saturated heterocycles. The molecule has 0 aromatic heterocycles. The zero-order valence-electron chi connectivity index (χ0n) is 16.9. The zero-order chi connectivity index (χ0) is 20.9. The summed E-state index contributed by atoms with van der Waals surface area (Å²) in [5, 5.41) is 0. The molecule has 1 aliphatic heterocycles. The first kappa shape index (κ1) is 21.2. The molecule has 1 N–H and O–H groups in total. The third kappa shape index (κ3) is 6.78. The van der Waals surface area contributed by atoms with E-state index in [0.29, 0.717) is 17.4 Å². The highest BCUT2D eigenvalue weighted by molar-refractivity contribution is 7.92. The average molecular weight is 417 g/mol. The van der Waals surface area contributed by atoms with Crippen molar-refractivity contribution in [2.45, 2.75) is 26.2 Å². The standard InChI is InChI=1S/C22H28N2O4S/c1-17-3-5-18(6-4-17)15-19-11-13-24(14-12-19)22(25)16-28-21-9-7-20(8-10-21)23-29(2,26)27/h3-10,19,23H,11-16H2,1-2H3. The number of hydrogen-bond acceptors (Lipinski definition) is 4. The van der Waals surface area contributed by atoms with Crippen LogP contribution >= 0.6 is 0 Å². The smallest absolute Gasteiger partial charge is 0.260 e. The summed E-state index contributed by atoms with van der Waals surface area (Å²) in [6.45, 7) is 3.60. The molecule has 2 aromatic rings. The van der Waals surface area contributed by atoms with Gasteiger partial charge in [-0.1, -0.05) is 29.8 Å². The number of hydrogen-bond donors (Lipinski definition) is 1. The summed E-state index contributed by atoms with van der Waals surface area (Å²) in [7, 11) is -3.31. The number of ether oxygens (including phenoxy) is 1. The number of likely N-dealkylation sites (tertiary alicyclic amines) is 1. The number of anilines is 1. The minimum atomic E-state index is -3.31. The number of aryl methyl sites for hydroxylation is 1. The van der Waals surface area contributed by atoms with Gasteiger partial charge >= 0.3 is 0 Å². The van der Waals surface area contributed by atoms with Gasteiger partial charge in [0.2, 0.25) is 10.0 Å². The van der Waals surface area contributed by atoms with Crippen LogP contribution in [0.3, 0.4) is 0 Å². The van der Waals surface area contributed by atoms with Gasteiger partial charge in [-0.05, 0) is 61.9 Å². The van der Waals surface area contributed by atoms with Gasteiger partial charge in [-0.15, -0.1) is 0 Å². The van der Waals surface area contributed by atoms with E-state index in [-0.39, 0.29) is 12.5 Å². The molecule has 6 nitrogen and oxygen atoms in total. The van der Waals surface area contributed by atoms with Crippen LogP contribution in [0, 0.1) is 12.8 Å². The second kappa shape index (κ2) is 9.31. The lowest BCUT2D eigenvalue weighted by Crippen LogP contribution is -2.41. The predicted octanol–water partition coefficient (Wildman–Crippen LogP) is 3.23. The fraction of sp³-hybridized carbons (Fsp3) is 0.409. The molecule has 3 rings (SSSR count). The fourth-order valence-corrected chi connectivity index (χ4v) is 4.08. The Morgan fingerprint density at radius 2 is 1.69 bits per heavy atom. The molecule has 1 aliphatic rings. The Labute approximate surface area is 172 Å². The summed E-state index contributed by atoms with van der Waals surface area (Å²) < 4.78 is 30.4. The second-order valence-corrected chi connectivity index (χ2v) is 9.45. The molecular formula is C22H28N2O4S. The Bertz CT molecular complexity index is 916. The molecule has 0 bridgehead atoms. The normalized spacial score (nSPS) is 15.2. The Hall–Kier alpha value is -2.54. The van der Waals surface area contributed by atoms with E-state index in [9.17, 15) is 13.2 Å². The molecule has 156 valence electrons. The van der Waals surface area contributed by atoms with Crippen molar-refractivity contribution in [3.05, 3.63) is 59.7 Å². The van der Waals surface area contributed by atoms with Crippen LogP contribution in [0.25, 0.3) is 0 Å². The number of benzene rings is 2. The van der Waals surface area contributed by atoms with Crippen molar-refractivity contribution in [3.63, 3.8) is 0 Å². The minimum absolute atomic E-state index is 0.0124. The van der Waals surface area contributed by atoms with Crippen LogP contribution in [0.1, 0.15) is 24.0 Å². The van der Waals surface area contributed by atoms with Gasteiger partial charge in [-0.2, -0.15) is 0 Å². The van der Waals surface area contributed by atoms with E-state index in [0.717, 1.165) is 38.6 Å². The maximum absolute atomic E-state index is 12.4. The maximum Gasteiger partial charge on any atom is 0.260 e. The highest BCUT2D eigenvalue weighted by Gasteiger charge is 2.23. The van der Waals surface area contributed by atoms with Crippen molar-refractivity contribution in [2.75, 3.05) is 30.7 Å². The molecule has 0 aliphatic carbocycles. The van der Waals surface area contributed by atoms with Gasteiger partial charge < -0.3 is 9.64 Å². The molecule has 1 fully saturated rings. The van der Waals surface area contributed by atoms with Gasteiger partial charge in [-0.25, -0.2) is 8.42 Å². The van der Waals surface area contributed by atoms with E-state index in [1.165, 1.54) is 11.1 Å². The number of piperidine rings is 1. The van der Waals surface area contributed by atoms with Gasteiger partial charge in [0.15, 0.2) is 6.61 Å². The van der Waals surface area contributed by atoms with E-state index in [1.54, 1.807) is 24.3 Å². The number of carbonyl (C=O) groups is 1. The Balaban J connectivity index is 1.42. The number of nitrogens with one attached hydrogen (secondary N) is 1. The van der Waals surface area contributed by atoms with Crippen LogP contribution in [0.2, 0.25) is 0 Å². The molecule has 0 unspecified atom stereocenters. The van der Waals surface area contributed by atoms with Crippen LogP contribution < -0.4 is 9.46 Å². The van der Waals surface area contributed by atoms with Crippen molar-refractivity contribution in [3.8, 4) is 5.75 Å². The monoisotopic (exact) mass is 416 g/mol. The summed E-state index contributed by atoms with van der Waals surface area (Å²) in [5.74, 6) is 1.13. The van der Waals surface area contributed by atoms with Crippen molar-refractivity contribution >= 4 is 21.6 Å². The quantitative estimate of drug-likeness (QED) is 0.752. The maximum atomic E-state index is 12.4.